The molecule has 15 heavy (non-hydrogen) atoms. The fourth-order valence-corrected chi connectivity index (χ4v) is 1.03. The average molecular weight is 213 g/mol. The predicted molar refractivity (Wildman–Crippen MR) is 53.9 cm³/mol. The van der Waals surface area contributed by atoms with Gasteiger partial charge in [0.25, 0.3) is 0 Å². The quantitative estimate of drug-likeness (QED) is 0.592. The van der Waals surface area contributed by atoms with E-state index >= 15 is 0 Å². The maximum Gasteiger partial charge on any atom is 0.241 e. The monoisotopic (exact) mass is 213 g/mol. The summed E-state index contributed by atoms with van der Waals surface area (Å²) in [5, 5.41) is 6.52. The molecule has 0 fully saturated rings. The molecular formula is C8H15N5O2. The molecule has 0 radical (unpaired) electrons. The minimum absolute atomic E-state index is 0.115. The van der Waals surface area contributed by atoms with E-state index in [4.69, 9.17) is 10.5 Å². The molecule has 1 aromatic rings. The van der Waals surface area contributed by atoms with Crippen LogP contribution in [0.5, 0.6) is 0 Å². The van der Waals surface area contributed by atoms with Crippen LogP contribution in [0.25, 0.3) is 0 Å². The molecule has 0 aliphatic rings. The zero-order valence-electron chi connectivity index (χ0n) is 8.64. The molecule has 0 bridgehead atoms. The fraction of sp³-hybridized carbons (Fsp3) is 0.625. The summed E-state index contributed by atoms with van der Waals surface area (Å²) in [6, 6.07) is 0. The van der Waals surface area contributed by atoms with E-state index in [1.807, 2.05) is 0 Å². The van der Waals surface area contributed by atoms with Crippen LogP contribution in [0.2, 0.25) is 0 Å². The highest BCUT2D eigenvalue weighted by atomic mass is 16.5. The van der Waals surface area contributed by atoms with E-state index in [1.165, 1.54) is 11.0 Å². The van der Waals surface area contributed by atoms with Crippen molar-refractivity contribution < 1.29 is 9.53 Å². The van der Waals surface area contributed by atoms with Crippen molar-refractivity contribution in [3.8, 4) is 0 Å². The van der Waals surface area contributed by atoms with Gasteiger partial charge in [0.15, 0.2) is 0 Å². The molecule has 0 saturated carbocycles. The number of aromatic nitrogens is 3. The number of hydrogen-bond donors (Lipinski definition) is 2. The van der Waals surface area contributed by atoms with Crippen molar-refractivity contribution in [2.75, 3.05) is 26.0 Å². The summed E-state index contributed by atoms with van der Waals surface area (Å²) in [7, 11) is 1.63. The van der Waals surface area contributed by atoms with Crippen molar-refractivity contribution >= 4 is 11.9 Å². The molecule has 0 atom stereocenters. The minimum Gasteiger partial charge on any atom is -0.385 e. The van der Waals surface area contributed by atoms with Crippen molar-refractivity contribution in [2.45, 2.75) is 13.0 Å². The van der Waals surface area contributed by atoms with Crippen LogP contribution in [-0.4, -0.2) is 40.9 Å². The first-order valence-corrected chi connectivity index (χ1v) is 4.63. The summed E-state index contributed by atoms with van der Waals surface area (Å²) in [6.07, 6.45) is 2.21. The highest BCUT2D eigenvalue weighted by Crippen LogP contribution is 1.89. The lowest BCUT2D eigenvalue weighted by molar-refractivity contribution is -0.121. The van der Waals surface area contributed by atoms with E-state index in [0.717, 1.165) is 6.42 Å². The van der Waals surface area contributed by atoms with Crippen LogP contribution in [0.15, 0.2) is 6.33 Å². The van der Waals surface area contributed by atoms with Gasteiger partial charge in [0.1, 0.15) is 12.9 Å². The second kappa shape index (κ2) is 5.97. The second-order valence-corrected chi connectivity index (χ2v) is 3.00. The smallest absolute Gasteiger partial charge is 0.241 e. The number of rotatable bonds is 6. The van der Waals surface area contributed by atoms with Crippen molar-refractivity contribution in [3.05, 3.63) is 6.33 Å². The zero-order valence-corrected chi connectivity index (χ0v) is 8.64. The number of carbonyl (C=O) groups is 1. The van der Waals surface area contributed by atoms with Crippen LogP contribution in [0.4, 0.5) is 5.95 Å². The normalized spacial score (nSPS) is 10.2. The van der Waals surface area contributed by atoms with Gasteiger partial charge in [0, 0.05) is 20.3 Å². The molecular weight excluding hydrogens is 198 g/mol. The van der Waals surface area contributed by atoms with E-state index in [-0.39, 0.29) is 18.4 Å². The largest absolute Gasteiger partial charge is 0.385 e. The standard InChI is InChI=1S/C8H15N5O2/c1-15-4-2-3-10-7(14)5-13-6-11-8(9)12-13/h6H,2-5H2,1H3,(H2,9,12)(H,10,14). The number of methoxy groups -OCH3 is 1. The summed E-state index contributed by atoms with van der Waals surface area (Å²) in [5.74, 6) is 0.0539. The first-order valence-electron chi connectivity index (χ1n) is 4.63. The molecule has 7 heteroatoms. The van der Waals surface area contributed by atoms with Crippen molar-refractivity contribution in [3.63, 3.8) is 0 Å². The molecule has 0 aliphatic carbocycles. The van der Waals surface area contributed by atoms with Crippen LogP contribution < -0.4 is 11.1 Å². The van der Waals surface area contributed by atoms with Crippen molar-refractivity contribution in [1.29, 1.82) is 0 Å². The Kier molecular flexibility index (Phi) is 4.55. The van der Waals surface area contributed by atoms with Gasteiger partial charge in [-0.25, -0.2) is 9.67 Å². The lowest BCUT2D eigenvalue weighted by atomic mass is 10.4. The first-order chi connectivity index (χ1) is 7.22. The van der Waals surface area contributed by atoms with Gasteiger partial charge in [-0.2, -0.15) is 0 Å². The SMILES string of the molecule is COCCCNC(=O)Cn1cnc(N)n1. The van der Waals surface area contributed by atoms with E-state index < -0.39 is 0 Å². The van der Waals surface area contributed by atoms with E-state index in [1.54, 1.807) is 7.11 Å². The van der Waals surface area contributed by atoms with Crippen LogP contribution in [0, 0.1) is 0 Å². The molecule has 0 saturated heterocycles. The Labute approximate surface area is 87.6 Å². The Morgan fingerprint density at radius 2 is 2.53 bits per heavy atom. The van der Waals surface area contributed by atoms with Gasteiger partial charge in [-0.15, -0.1) is 5.10 Å². The number of nitrogens with two attached hydrogens (primary N) is 1. The maximum atomic E-state index is 11.3. The highest BCUT2D eigenvalue weighted by molar-refractivity contribution is 5.75. The number of hydrogen-bond acceptors (Lipinski definition) is 5. The predicted octanol–water partition coefficient (Wildman–Crippen LogP) is -0.987. The molecule has 1 heterocycles. The third kappa shape index (κ3) is 4.41. The van der Waals surface area contributed by atoms with Gasteiger partial charge >= 0.3 is 0 Å². The molecule has 3 N–H and O–H groups in total. The van der Waals surface area contributed by atoms with Crippen molar-refractivity contribution in [1.82, 2.24) is 20.1 Å². The molecule has 0 aromatic carbocycles. The number of nitrogens with zero attached hydrogens (tertiary/aromatic N) is 3. The third-order valence-corrected chi connectivity index (χ3v) is 1.71. The Morgan fingerprint density at radius 1 is 1.73 bits per heavy atom. The van der Waals surface area contributed by atoms with E-state index in [2.05, 4.69) is 15.4 Å². The summed E-state index contributed by atoms with van der Waals surface area (Å²) in [5.41, 5.74) is 5.30. The Bertz CT molecular complexity index is 312. The number of carbonyl (C=O) groups excluding carboxylic acids is 1. The van der Waals surface area contributed by atoms with Gasteiger partial charge in [0.05, 0.1) is 0 Å². The fourth-order valence-electron chi connectivity index (χ4n) is 1.03. The van der Waals surface area contributed by atoms with Gasteiger partial charge in [-0.3, -0.25) is 4.79 Å². The molecule has 0 aliphatic heterocycles. The number of nitrogens with one attached hydrogen (secondary N) is 1. The van der Waals surface area contributed by atoms with E-state index in [9.17, 15) is 4.79 Å². The molecule has 1 rings (SSSR count). The van der Waals surface area contributed by atoms with Gasteiger partial charge in [-0.05, 0) is 6.42 Å². The lowest BCUT2D eigenvalue weighted by Crippen LogP contribution is -2.29. The van der Waals surface area contributed by atoms with Crippen LogP contribution >= 0.6 is 0 Å². The first kappa shape index (κ1) is 11.4. The maximum absolute atomic E-state index is 11.3. The molecule has 0 unspecified atom stereocenters. The van der Waals surface area contributed by atoms with E-state index in [0.29, 0.717) is 13.2 Å². The Balaban J connectivity index is 2.18. The molecule has 1 aromatic heterocycles. The molecule has 1 amide bonds. The van der Waals surface area contributed by atoms with Gasteiger partial charge in [0.2, 0.25) is 11.9 Å². The summed E-state index contributed by atoms with van der Waals surface area (Å²) < 4.78 is 6.24. The minimum atomic E-state index is -0.115. The molecule has 7 nitrogen and oxygen atoms in total. The number of nitrogen functional groups attached to an aromatic ring is 1. The highest BCUT2D eigenvalue weighted by Gasteiger charge is 2.03. The molecule has 84 valence electrons. The Morgan fingerprint density at radius 3 is 3.13 bits per heavy atom. The van der Waals surface area contributed by atoms with Crippen LogP contribution in [0.3, 0.4) is 0 Å². The van der Waals surface area contributed by atoms with Crippen molar-refractivity contribution in [2.24, 2.45) is 0 Å². The van der Waals surface area contributed by atoms with Gasteiger partial charge < -0.3 is 15.8 Å². The Hall–Kier alpha value is -1.63. The topological polar surface area (TPSA) is 95.1 Å². The van der Waals surface area contributed by atoms with Crippen LogP contribution in [0.1, 0.15) is 6.42 Å². The number of amides is 1. The number of ether oxygens (including phenoxy) is 1. The third-order valence-electron chi connectivity index (χ3n) is 1.71. The second-order valence-electron chi connectivity index (χ2n) is 3.00. The average Bonchev–Trinajstić information content (AvgIpc) is 2.59. The lowest BCUT2D eigenvalue weighted by Gasteiger charge is -2.03. The zero-order chi connectivity index (χ0) is 11.1. The van der Waals surface area contributed by atoms with Gasteiger partial charge in [-0.1, -0.05) is 0 Å². The molecule has 0 spiro atoms. The summed E-state index contributed by atoms with van der Waals surface area (Å²) >= 11 is 0. The summed E-state index contributed by atoms with van der Waals surface area (Å²) in [4.78, 5) is 15.0. The summed E-state index contributed by atoms with van der Waals surface area (Å²) in [6.45, 7) is 1.37. The van der Waals surface area contributed by atoms with Crippen LogP contribution in [-0.2, 0) is 16.1 Å². The number of anilines is 1.